The summed E-state index contributed by atoms with van der Waals surface area (Å²) in [5, 5.41) is 18.0. The van der Waals surface area contributed by atoms with Crippen molar-refractivity contribution >= 4 is 0 Å². The molecule has 0 atom stereocenters. The summed E-state index contributed by atoms with van der Waals surface area (Å²) in [6.45, 7) is -0.158. The van der Waals surface area contributed by atoms with Crippen LogP contribution in [0.25, 0.3) is 11.4 Å². The smallest absolute Gasteiger partial charge is 0.137 e. The van der Waals surface area contributed by atoms with Crippen LogP contribution >= 0.6 is 0 Å². The maximum atomic E-state index is 13.0. The van der Waals surface area contributed by atoms with E-state index >= 15 is 0 Å². The van der Waals surface area contributed by atoms with Crippen LogP contribution in [0.4, 0.5) is 4.39 Å². The molecule has 0 aliphatic rings. The summed E-state index contributed by atoms with van der Waals surface area (Å²) in [5.41, 5.74) is 0.973. The number of nitrogens with one attached hydrogen (secondary N) is 1. The molecule has 0 fully saturated rings. The number of phenolic OH excluding ortho intramolecular Hbond substituents is 1. The Kier molecular flexibility index (Phi) is 2.39. The molecular formula is C10H9FN2O2. The Morgan fingerprint density at radius 2 is 2.13 bits per heavy atom. The number of imidazole rings is 1. The first-order valence-electron chi connectivity index (χ1n) is 4.33. The minimum absolute atomic E-state index is 0.158. The van der Waals surface area contributed by atoms with Gasteiger partial charge >= 0.3 is 0 Å². The Bertz CT molecular complexity index is 462. The lowest BCUT2D eigenvalue weighted by molar-refractivity contribution is 0.277. The summed E-state index contributed by atoms with van der Waals surface area (Å²) in [5.74, 6) is -0.284. The molecule has 1 aromatic heterocycles. The predicted octanol–water partition coefficient (Wildman–Crippen LogP) is 1.41. The third kappa shape index (κ3) is 1.97. The van der Waals surface area contributed by atoms with Gasteiger partial charge in [-0.1, -0.05) is 0 Å². The van der Waals surface area contributed by atoms with Crippen molar-refractivity contribution in [1.29, 1.82) is 0 Å². The highest BCUT2D eigenvalue weighted by molar-refractivity contribution is 5.57. The molecule has 2 rings (SSSR count). The first kappa shape index (κ1) is 9.67. The van der Waals surface area contributed by atoms with Crippen LogP contribution in [0.3, 0.4) is 0 Å². The predicted molar refractivity (Wildman–Crippen MR) is 51.6 cm³/mol. The third-order valence-electron chi connectivity index (χ3n) is 1.95. The van der Waals surface area contributed by atoms with Gasteiger partial charge in [-0.15, -0.1) is 0 Å². The summed E-state index contributed by atoms with van der Waals surface area (Å²) in [6.07, 6.45) is 1.46. The second kappa shape index (κ2) is 3.70. The summed E-state index contributed by atoms with van der Waals surface area (Å²) in [4.78, 5) is 6.74. The van der Waals surface area contributed by atoms with Crippen LogP contribution in [0.1, 0.15) is 5.69 Å². The maximum Gasteiger partial charge on any atom is 0.137 e. The van der Waals surface area contributed by atoms with Gasteiger partial charge in [0.05, 0.1) is 18.5 Å². The Morgan fingerprint density at radius 3 is 2.73 bits per heavy atom. The van der Waals surface area contributed by atoms with Gasteiger partial charge in [0.1, 0.15) is 17.4 Å². The number of rotatable bonds is 2. The molecule has 15 heavy (non-hydrogen) atoms. The first-order chi connectivity index (χ1) is 7.19. The molecule has 3 N–H and O–H groups in total. The summed E-state index contributed by atoms with van der Waals surface area (Å²) < 4.78 is 13.0. The lowest BCUT2D eigenvalue weighted by Crippen LogP contribution is -1.85. The molecule has 1 aromatic carbocycles. The van der Waals surface area contributed by atoms with Gasteiger partial charge in [-0.2, -0.15) is 0 Å². The first-order valence-corrected chi connectivity index (χ1v) is 4.33. The number of aliphatic hydroxyl groups is 1. The summed E-state index contributed by atoms with van der Waals surface area (Å²) >= 11 is 0. The molecule has 0 aliphatic heterocycles. The number of benzene rings is 1. The van der Waals surface area contributed by atoms with Crippen molar-refractivity contribution in [1.82, 2.24) is 9.97 Å². The number of phenols is 1. The van der Waals surface area contributed by atoms with Gasteiger partial charge in [0.2, 0.25) is 0 Å². The SMILES string of the molecule is OCc1cnc(-c2cc(O)cc(F)c2)[nH]1. The van der Waals surface area contributed by atoms with Gasteiger partial charge in [-0.25, -0.2) is 9.37 Å². The zero-order valence-corrected chi connectivity index (χ0v) is 7.74. The number of halogens is 1. The van der Waals surface area contributed by atoms with Gasteiger partial charge < -0.3 is 15.2 Å². The Labute approximate surface area is 85.0 Å². The topological polar surface area (TPSA) is 69.1 Å². The van der Waals surface area contributed by atoms with Gasteiger partial charge in [0.25, 0.3) is 0 Å². The average molecular weight is 208 g/mol. The van der Waals surface area contributed by atoms with Crippen LogP contribution in [0.15, 0.2) is 24.4 Å². The van der Waals surface area contributed by atoms with Crippen molar-refractivity contribution in [2.45, 2.75) is 6.61 Å². The number of aromatic hydroxyl groups is 1. The van der Waals surface area contributed by atoms with E-state index in [0.717, 1.165) is 6.07 Å². The summed E-state index contributed by atoms with van der Waals surface area (Å²) in [6, 6.07) is 3.65. The average Bonchev–Trinajstić information content (AvgIpc) is 2.64. The molecule has 0 radical (unpaired) electrons. The molecule has 0 spiro atoms. The molecule has 5 heteroatoms. The zero-order chi connectivity index (χ0) is 10.8. The number of aromatic nitrogens is 2. The second-order valence-corrected chi connectivity index (χ2v) is 3.11. The minimum atomic E-state index is -0.535. The van der Waals surface area contributed by atoms with Crippen LogP contribution in [0, 0.1) is 5.82 Å². The van der Waals surface area contributed by atoms with Crippen molar-refractivity contribution in [3.63, 3.8) is 0 Å². The second-order valence-electron chi connectivity index (χ2n) is 3.11. The zero-order valence-electron chi connectivity index (χ0n) is 7.74. The van der Waals surface area contributed by atoms with E-state index in [1.807, 2.05) is 0 Å². The third-order valence-corrected chi connectivity index (χ3v) is 1.95. The molecule has 0 saturated heterocycles. The number of aromatic amines is 1. The van der Waals surface area contributed by atoms with Gasteiger partial charge in [-0.3, -0.25) is 0 Å². The fourth-order valence-electron chi connectivity index (χ4n) is 1.30. The molecule has 0 aliphatic carbocycles. The Balaban J connectivity index is 2.44. The molecule has 2 aromatic rings. The lowest BCUT2D eigenvalue weighted by atomic mass is 10.2. The number of hydrogen-bond acceptors (Lipinski definition) is 3. The van der Waals surface area contributed by atoms with E-state index in [-0.39, 0.29) is 12.4 Å². The quantitative estimate of drug-likeness (QED) is 0.699. The van der Waals surface area contributed by atoms with Crippen molar-refractivity contribution < 1.29 is 14.6 Å². The van der Waals surface area contributed by atoms with E-state index < -0.39 is 5.82 Å². The fraction of sp³-hybridized carbons (Fsp3) is 0.100. The highest BCUT2D eigenvalue weighted by Gasteiger charge is 2.06. The number of nitrogens with zero attached hydrogens (tertiary/aromatic N) is 1. The largest absolute Gasteiger partial charge is 0.508 e. The van der Waals surface area contributed by atoms with E-state index in [0.29, 0.717) is 17.1 Å². The highest BCUT2D eigenvalue weighted by atomic mass is 19.1. The number of H-pyrrole nitrogens is 1. The fourth-order valence-corrected chi connectivity index (χ4v) is 1.30. The maximum absolute atomic E-state index is 13.0. The number of hydrogen-bond donors (Lipinski definition) is 3. The molecule has 0 unspecified atom stereocenters. The Morgan fingerprint density at radius 1 is 1.33 bits per heavy atom. The molecule has 4 nitrogen and oxygen atoms in total. The van der Waals surface area contributed by atoms with Crippen LogP contribution in [-0.2, 0) is 6.61 Å². The van der Waals surface area contributed by atoms with Gasteiger partial charge in [0.15, 0.2) is 0 Å². The molecule has 0 bridgehead atoms. The van der Waals surface area contributed by atoms with E-state index in [1.165, 1.54) is 18.3 Å². The Hall–Kier alpha value is -1.88. The van der Waals surface area contributed by atoms with E-state index in [4.69, 9.17) is 5.11 Å². The van der Waals surface area contributed by atoms with Crippen LogP contribution in [-0.4, -0.2) is 20.2 Å². The van der Waals surface area contributed by atoms with E-state index in [2.05, 4.69) is 9.97 Å². The van der Waals surface area contributed by atoms with Crippen molar-refractivity contribution in [3.05, 3.63) is 35.9 Å². The highest BCUT2D eigenvalue weighted by Crippen LogP contribution is 2.22. The monoisotopic (exact) mass is 208 g/mol. The van der Waals surface area contributed by atoms with Crippen molar-refractivity contribution in [2.75, 3.05) is 0 Å². The van der Waals surface area contributed by atoms with Crippen LogP contribution in [0.2, 0.25) is 0 Å². The van der Waals surface area contributed by atoms with E-state index in [1.54, 1.807) is 0 Å². The molecular weight excluding hydrogens is 199 g/mol. The van der Waals surface area contributed by atoms with Crippen LogP contribution in [0.5, 0.6) is 5.75 Å². The van der Waals surface area contributed by atoms with Crippen molar-refractivity contribution in [3.8, 4) is 17.1 Å². The summed E-state index contributed by atoms with van der Waals surface area (Å²) in [7, 11) is 0. The molecule has 1 heterocycles. The molecule has 0 saturated carbocycles. The molecule has 78 valence electrons. The normalized spacial score (nSPS) is 10.5. The van der Waals surface area contributed by atoms with Crippen molar-refractivity contribution in [2.24, 2.45) is 0 Å². The number of aliphatic hydroxyl groups excluding tert-OH is 1. The standard InChI is InChI=1S/C10H9FN2O2/c11-7-1-6(2-9(15)3-7)10-12-4-8(5-14)13-10/h1-4,14-15H,5H2,(H,12,13). The van der Waals surface area contributed by atoms with Gasteiger partial charge in [0, 0.05) is 11.6 Å². The van der Waals surface area contributed by atoms with E-state index in [9.17, 15) is 9.50 Å². The molecule has 0 amide bonds. The minimum Gasteiger partial charge on any atom is -0.508 e. The van der Waals surface area contributed by atoms with Crippen LogP contribution < -0.4 is 0 Å². The lowest BCUT2D eigenvalue weighted by Gasteiger charge is -1.98. The van der Waals surface area contributed by atoms with Gasteiger partial charge in [-0.05, 0) is 12.1 Å².